The van der Waals surface area contributed by atoms with E-state index >= 15 is 0 Å². The van der Waals surface area contributed by atoms with E-state index in [0.717, 1.165) is 24.1 Å². The topological polar surface area (TPSA) is 71.3 Å². The van der Waals surface area contributed by atoms with Crippen LogP contribution in [0.2, 0.25) is 0 Å². The first-order chi connectivity index (χ1) is 12.1. The van der Waals surface area contributed by atoms with Crippen molar-refractivity contribution in [2.24, 2.45) is 5.92 Å². The van der Waals surface area contributed by atoms with Crippen molar-refractivity contribution in [1.29, 1.82) is 0 Å². The van der Waals surface area contributed by atoms with Crippen LogP contribution in [-0.2, 0) is 4.79 Å². The van der Waals surface area contributed by atoms with Crippen LogP contribution < -0.4 is 0 Å². The van der Waals surface area contributed by atoms with Crippen molar-refractivity contribution in [2.75, 3.05) is 20.1 Å². The van der Waals surface area contributed by atoms with Gasteiger partial charge < -0.3 is 9.80 Å². The van der Waals surface area contributed by atoms with Crippen LogP contribution in [0.1, 0.15) is 28.8 Å². The third kappa shape index (κ3) is 2.59. The third-order valence-corrected chi connectivity index (χ3v) is 5.32. The van der Waals surface area contributed by atoms with Crippen LogP contribution in [0.25, 0.3) is 5.69 Å². The molecule has 130 valence electrons. The van der Waals surface area contributed by atoms with E-state index in [9.17, 15) is 9.59 Å². The van der Waals surface area contributed by atoms with E-state index in [0.29, 0.717) is 18.7 Å². The smallest absolute Gasteiger partial charge is 0.254 e. The Bertz CT molecular complexity index is 817. The van der Waals surface area contributed by atoms with Crippen molar-refractivity contribution >= 4 is 11.8 Å². The lowest BCUT2D eigenvalue weighted by atomic mass is 9.90. The summed E-state index contributed by atoms with van der Waals surface area (Å²) in [4.78, 5) is 33.0. The molecule has 7 heteroatoms. The zero-order valence-corrected chi connectivity index (χ0v) is 14.4. The summed E-state index contributed by atoms with van der Waals surface area (Å²) in [5.41, 5.74) is 2.46. The average Bonchev–Trinajstić information content (AvgIpc) is 3.24. The van der Waals surface area contributed by atoms with Gasteiger partial charge in [-0.25, -0.2) is 9.67 Å². The largest absolute Gasteiger partial charge is 0.343 e. The van der Waals surface area contributed by atoms with Gasteiger partial charge in [0.25, 0.3) is 5.91 Å². The SMILES string of the molecule is Cc1cc(-n2cncn2)ccc1C(=O)N1CCC[C@H]2C(=O)N(C)C[C@H]21. The van der Waals surface area contributed by atoms with Gasteiger partial charge in [0.2, 0.25) is 5.91 Å². The second-order valence-electron chi connectivity index (χ2n) is 6.87. The molecule has 25 heavy (non-hydrogen) atoms. The van der Waals surface area contributed by atoms with E-state index in [-0.39, 0.29) is 23.8 Å². The van der Waals surface area contributed by atoms with Gasteiger partial charge in [0.1, 0.15) is 12.7 Å². The summed E-state index contributed by atoms with van der Waals surface area (Å²) in [5, 5.41) is 4.12. The maximum Gasteiger partial charge on any atom is 0.254 e. The van der Waals surface area contributed by atoms with Gasteiger partial charge in [0.05, 0.1) is 17.6 Å². The molecule has 2 aliphatic heterocycles. The summed E-state index contributed by atoms with van der Waals surface area (Å²) in [7, 11) is 1.82. The van der Waals surface area contributed by atoms with Crippen LogP contribution >= 0.6 is 0 Å². The van der Waals surface area contributed by atoms with Crippen molar-refractivity contribution in [2.45, 2.75) is 25.8 Å². The number of amides is 2. The molecule has 2 aromatic rings. The molecule has 0 saturated carbocycles. The number of likely N-dealkylation sites (tertiary alicyclic amines) is 2. The fraction of sp³-hybridized carbons (Fsp3) is 0.444. The number of benzene rings is 1. The fourth-order valence-corrected chi connectivity index (χ4v) is 4.00. The summed E-state index contributed by atoms with van der Waals surface area (Å²) >= 11 is 0. The number of aromatic nitrogens is 3. The van der Waals surface area contributed by atoms with Crippen LogP contribution in [0.15, 0.2) is 30.9 Å². The standard InChI is InChI=1S/C18H21N5O2/c1-12-8-13(23-11-19-10-20-23)5-6-14(12)18(25)22-7-3-4-15-16(22)9-21(2)17(15)24/h5-6,8,10-11,15-16H,3-4,7,9H2,1-2H3/t15-,16-/m1/s1. The lowest BCUT2D eigenvalue weighted by molar-refractivity contribution is -0.130. The Hall–Kier alpha value is -2.70. The predicted molar refractivity (Wildman–Crippen MR) is 91.3 cm³/mol. The minimum atomic E-state index is -0.0440. The number of piperidine rings is 1. The lowest BCUT2D eigenvalue weighted by Gasteiger charge is -2.36. The second-order valence-corrected chi connectivity index (χ2v) is 6.87. The second kappa shape index (κ2) is 5.98. The predicted octanol–water partition coefficient (Wildman–Crippen LogP) is 1.27. The summed E-state index contributed by atoms with van der Waals surface area (Å²) in [5.74, 6) is 0.138. The zero-order valence-electron chi connectivity index (χ0n) is 14.4. The molecule has 3 heterocycles. The highest BCUT2D eigenvalue weighted by Crippen LogP contribution is 2.32. The number of hydrogen-bond acceptors (Lipinski definition) is 4. The highest BCUT2D eigenvalue weighted by Gasteiger charge is 2.45. The van der Waals surface area contributed by atoms with Crippen molar-refractivity contribution in [3.63, 3.8) is 0 Å². The summed E-state index contributed by atoms with van der Waals surface area (Å²) in [6.45, 7) is 3.28. The summed E-state index contributed by atoms with van der Waals surface area (Å²) in [6, 6.07) is 5.66. The normalized spacial score (nSPS) is 23.0. The minimum Gasteiger partial charge on any atom is -0.343 e. The van der Waals surface area contributed by atoms with Crippen molar-refractivity contribution < 1.29 is 9.59 Å². The van der Waals surface area contributed by atoms with Gasteiger partial charge in [-0.15, -0.1) is 0 Å². The van der Waals surface area contributed by atoms with E-state index in [2.05, 4.69) is 10.1 Å². The Kier molecular flexibility index (Phi) is 3.78. The van der Waals surface area contributed by atoms with Crippen molar-refractivity contribution in [3.8, 4) is 5.69 Å². The molecular formula is C18H21N5O2. The zero-order chi connectivity index (χ0) is 17.6. The van der Waals surface area contributed by atoms with Crippen LogP contribution in [0.5, 0.6) is 0 Å². The van der Waals surface area contributed by atoms with Crippen molar-refractivity contribution in [1.82, 2.24) is 24.6 Å². The van der Waals surface area contributed by atoms with Crippen LogP contribution in [0, 0.1) is 12.8 Å². The first-order valence-electron chi connectivity index (χ1n) is 8.58. The molecule has 2 aliphatic rings. The van der Waals surface area contributed by atoms with E-state index in [1.54, 1.807) is 15.9 Å². The van der Waals surface area contributed by atoms with Crippen molar-refractivity contribution in [3.05, 3.63) is 42.0 Å². The molecule has 0 aliphatic carbocycles. The molecule has 0 radical (unpaired) electrons. The maximum atomic E-state index is 13.1. The van der Waals surface area contributed by atoms with Gasteiger partial charge in [-0.05, 0) is 43.5 Å². The molecule has 0 unspecified atom stereocenters. The number of rotatable bonds is 2. The minimum absolute atomic E-state index is 0.00635. The molecule has 2 fully saturated rings. The fourth-order valence-electron chi connectivity index (χ4n) is 4.00. The molecule has 1 aromatic heterocycles. The first-order valence-corrected chi connectivity index (χ1v) is 8.58. The van der Waals surface area contributed by atoms with Crippen LogP contribution in [0.3, 0.4) is 0 Å². The number of carbonyl (C=O) groups is 2. The van der Waals surface area contributed by atoms with E-state index in [4.69, 9.17) is 0 Å². The Balaban J connectivity index is 1.61. The quantitative estimate of drug-likeness (QED) is 0.826. The number of fused-ring (bicyclic) bond motifs is 1. The molecule has 0 spiro atoms. The Labute approximate surface area is 146 Å². The van der Waals surface area contributed by atoms with Gasteiger partial charge in [-0.3, -0.25) is 9.59 Å². The van der Waals surface area contributed by atoms with Gasteiger partial charge in [0.15, 0.2) is 0 Å². The summed E-state index contributed by atoms with van der Waals surface area (Å²) < 4.78 is 1.67. The first kappa shape index (κ1) is 15.8. The molecule has 7 nitrogen and oxygen atoms in total. The molecule has 4 rings (SSSR count). The number of aryl methyl sites for hydroxylation is 1. The Morgan fingerprint density at radius 1 is 1.32 bits per heavy atom. The van der Waals surface area contributed by atoms with Gasteiger partial charge in [-0.2, -0.15) is 5.10 Å². The maximum absolute atomic E-state index is 13.1. The highest BCUT2D eigenvalue weighted by atomic mass is 16.2. The lowest BCUT2D eigenvalue weighted by Crippen LogP contribution is -2.48. The molecule has 1 aromatic carbocycles. The van der Waals surface area contributed by atoms with E-state index < -0.39 is 0 Å². The van der Waals surface area contributed by atoms with Crippen LogP contribution in [0.4, 0.5) is 0 Å². The molecule has 0 bridgehead atoms. The molecule has 0 N–H and O–H groups in total. The summed E-state index contributed by atoms with van der Waals surface area (Å²) in [6.07, 6.45) is 4.87. The average molecular weight is 339 g/mol. The Morgan fingerprint density at radius 2 is 2.16 bits per heavy atom. The third-order valence-electron chi connectivity index (χ3n) is 5.32. The van der Waals surface area contributed by atoms with E-state index in [1.807, 2.05) is 37.1 Å². The molecule has 2 saturated heterocycles. The van der Waals surface area contributed by atoms with Gasteiger partial charge in [-0.1, -0.05) is 0 Å². The molecular weight excluding hydrogens is 318 g/mol. The number of carbonyl (C=O) groups excluding carboxylic acids is 2. The van der Waals surface area contributed by atoms with E-state index in [1.165, 1.54) is 6.33 Å². The number of nitrogens with zero attached hydrogens (tertiary/aromatic N) is 5. The molecule has 2 atom stereocenters. The Morgan fingerprint density at radius 3 is 2.88 bits per heavy atom. The monoisotopic (exact) mass is 339 g/mol. The van der Waals surface area contributed by atoms with Gasteiger partial charge in [0, 0.05) is 25.7 Å². The van der Waals surface area contributed by atoms with Gasteiger partial charge >= 0.3 is 0 Å². The highest BCUT2D eigenvalue weighted by molar-refractivity contribution is 5.97. The number of likely N-dealkylation sites (N-methyl/N-ethyl adjacent to an activating group) is 1. The molecule has 2 amide bonds. The number of hydrogen-bond donors (Lipinski definition) is 0. The van der Waals surface area contributed by atoms with Crippen LogP contribution in [-0.4, -0.2) is 62.6 Å².